The van der Waals surface area contributed by atoms with Crippen LogP contribution in [0, 0.1) is 17.6 Å². The summed E-state index contributed by atoms with van der Waals surface area (Å²) in [6.45, 7) is 0. The molecule has 4 heterocycles. The first-order chi connectivity index (χ1) is 23.4. The van der Waals surface area contributed by atoms with Crippen LogP contribution < -0.4 is 16.4 Å². The van der Waals surface area contributed by atoms with E-state index in [0.717, 1.165) is 57.3 Å². The minimum absolute atomic E-state index is 0.00489. The number of nitrogens with one attached hydrogen (secondary N) is 2. The van der Waals surface area contributed by atoms with Gasteiger partial charge in [-0.15, -0.1) is 0 Å². The monoisotopic (exact) mass is 739 g/mol. The van der Waals surface area contributed by atoms with Crippen molar-refractivity contribution in [3.05, 3.63) is 76.2 Å². The molecule has 18 heteroatoms. The molecule has 13 nitrogen and oxygen atoms in total. The van der Waals surface area contributed by atoms with Crippen molar-refractivity contribution in [2.45, 2.75) is 75.9 Å². The van der Waals surface area contributed by atoms with Crippen molar-refractivity contribution in [3.8, 4) is 0 Å². The Morgan fingerprint density at radius 3 is 2.06 bits per heavy atom. The lowest BCUT2D eigenvalue weighted by Crippen LogP contribution is -2.42. The van der Waals surface area contributed by atoms with Crippen LogP contribution in [0.4, 0.5) is 14.6 Å². The van der Waals surface area contributed by atoms with E-state index < -0.39 is 11.6 Å². The van der Waals surface area contributed by atoms with Crippen LogP contribution in [0.15, 0.2) is 37.4 Å². The number of hydrogen-bond acceptors (Lipinski definition) is 10. The van der Waals surface area contributed by atoms with Gasteiger partial charge in [-0.2, -0.15) is 4.98 Å². The molecule has 0 spiro atoms. The largest absolute Gasteiger partial charge is 0.365 e. The van der Waals surface area contributed by atoms with E-state index in [1.807, 2.05) is 14.1 Å². The number of Topliss-reactive ketones (excluding diaryl/α,β-unsaturated/α-hetero) is 1. The number of anilines is 1. The second-order valence-corrected chi connectivity index (χ2v) is 13.1. The van der Waals surface area contributed by atoms with Crippen molar-refractivity contribution in [1.29, 1.82) is 0 Å². The number of imidazole rings is 2. The minimum Gasteiger partial charge on any atom is -0.365 e. The van der Waals surface area contributed by atoms with Gasteiger partial charge in [0.2, 0.25) is 10.6 Å². The second-order valence-electron chi connectivity index (χ2n) is 12.1. The summed E-state index contributed by atoms with van der Waals surface area (Å²) in [7, 11) is 3.69. The molecule has 264 valence electrons. The topological polar surface area (TPSA) is 171 Å². The zero-order chi connectivity index (χ0) is 35.5. The SMILES string of the molecule is Cn1cnc(C(=O)C[C@@H]2CCC[C@H](N)C2)c1.Cn1cnc(C(=O)N[C@H]2CCC[C@@H](Nc3nc(Cl)ncc3F)C2)c1.Fc1cnc(Cl)nc1Cl. The number of halogens is 5. The van der Waals surface area contributed by atoms with Crippen LogP contribution in [0.25, 0.3) is 0 Å². The lowest BCUT2D eigenvalue weighted by Gasteiger charge is -2.30. The summed E-state index contributed by atoms with van der Waals surface area (Å²) in [5, 5.41) is 5.72. The molecule has 4 aromatic heterocycles. The van der Waals surface area contributed by atoms with Gasteiger partial charge in [-0.05, 0) is 74.1 Å². The number of hydrogen-bond donors (Lipinski definition) is 3. The van der Waals surface area contributed by atoms with Gasteiger partial charge in [0.25, 0.3) is 5.91 Å². The summed E-state index contributed by atoms with van der Waals surface area (Å²) < 4.78 is 29.4. The van der Waals surface area contributed by atoms with E-state index in [1.165, 1.54) is 0 Å². The molecule has 1 amide bonds. The Kier molecular flexibility index (Phi) is 14.2. The Balaban J connectivity index is 0.000000185. The van der Waals surface area contributed by atoms with Gasteiger partial charge in [0, 0.05) is 51.0 Å². The predicted molar refractivity (Wildman–Crippen MR) is 181 cm³/mol. The zero-order valence-electron chi connectivity index (χ0n) is 27.0. The number of carbonyl (C=O) groups is 2. The minimum atomic E-state index is -0.666. The van der Waals surface area contributed by atoms with Gasteiger partial charge in [-0.3, -0.25) is 9.59 Å². The van der Waals surface area contributed by atoms with Crippen molar-refractivity contribution in [1.82, 2.24) is 44.4 Å². The smallest absolute Gasteiger partial charge is 0.271 e. The highest BCUT2D eigenvalue weighted by Crippen LogP contribution is 2.27. The molecule has 0 radical (unpaired) electrons. The van der Waals surface area contributed by atoms with E-state index in [2.05, 4.69) is 40.5 Å². The molecule has 0 bridgehead atoms. The highest BCUT2D eigenvalue weighted by Gasteiger charge is 2.26. The maximum atomic E-state index is 13.7. The molecule has 0 aromatic carbocycles. The van der Waals surface area contributed by atoms with Crippen molar-refractivity contribution in [2.24, 2.45) is 25.7 Å². The lowest BCUT2D eigenvalue weighted by atomic mass is 9.83. The average Bonchev–Trinajstić information content (AvgIpc) is 3.70. The van der Waals surface area contributed by atoms with E-state index in [0.29, 0.717) is 30.1 Å². The summed E-state index contributed by atoms with van der Waals surface area (Å²) in [6, 6.07) is 0.301. The summed E-state index contributed by atoms with van der Waals surface area (Å²) in [5.41, 5.74) is 6.89. The molecule has 2 saturated carbocycles. The Bertz CT molecular complexity index is 1710. The van der Waals surface area contributed by atoms with Gasteiger partial charge in [0.1, 0.15) is 11.4 Å². The Labute approximate surface area is 297 Å². The van der Waals surface area contributed by atoms with Crippen LogP contribution in [-0.4, -0.2) is 68.9 Å². The number of ketones is 1. The fourth-order valence-electron chi connectivity index (χ4n) is 5.65. The third-order valence-electron chi connectivity index (χ3n) is 7.96. The maximum Gasteiger partial charge on any atom is 0.271 e. The molecule has 2 aliphatic carbocycles. The number of nitrogens with zero attached hydrogens (tertiary/aromatic N) is 8. The molecule has 2 fully saturated rings. The number of rotatable bonds is 7. The fraction of sp³-hybridized carbons (Fsp3) is 0.484. The van der Waals surface area contributed by atoms with Gasteiger partial charge < -0.3 is 25.5 Å². The molecular formula is C31H38Cl3F2N11O2. The molecule has 4 aromatic rings. The first-order valence-electron chi connectivity index (χ1n) is 15.7. The van der Waals surface area contributed by atoms with E-state index in [9.17, 15) is 18.4 Å². The zero-order valence-corrected chi connectivity index (χ0v) is 29.3. The third kappa shape index (κ3) is 12.2. The van der Waals surface area contributed by atoms with Crippen LogP contribution in [0.3, 0.4) is 0 Å². The van der Waals surface area contributed by atoms with Gasteiger partial charge in [0.15, 0.2) is 28.4 Å². The molecule has 4 atom stereocenters. The number of aryl methyl sites for hydroxylation is 2. The van der Waals surface area contributed by atoms with Crippen LogP contribution in [-0.2, 0) is 14.1 Å². The van der Waals surface area contributed by atoms with E-state index >= 15 is 0 Å². The molecule has 4 N–H and O–H groups in total. The quantitative estimate of drug-likeness (QED) is 0.123. The summed E-state index contributed by atoms with van der Waals surface area (Å²) in [4.78, 5) is 46.3. The Hall–Kier alpha value is -3.79. The first-order valence-corrected chi connectivity index (χ1v) is 16.8. The van der Waals surface area contributed by atoms with E-state index in [1.54, 1.807) is 34.2 Å². The standard InChI is InChI=1S/C15H18ClFN6O.C12H19N3O.C4HCl2FN2/c1-23-7-12(19-8-23)14(24)21-10-4-2-3-9(5-10)20-13-11(17)6-18-15(16)22-13;1-15-7-11(14-8-15)12(16)6-9-3-2-4-10(13)5-9;5-3-2(7)1-8-4(6)9-3/h6-10H,2-5H2,1H3,(H,21,24)(H,18,20,22);7-10H,2-6,13H2,1H3;1H/t2*9-,10+;/m11./s1. The highest BCUT2D eigenvalue weighted by molar-refractivity contribution is 6.31. The van der Waals surface area contributed by atoms with Crippen LogP contribution in [0.1, 0.15) is 78.8 Å². The van der Waals surface area contributed by atoms with Crippen LogP contribution >= 0.6 is 34.8 Å². The number of aromatic nitrogens is 8. The summed E-state index contributed by atoms with van der Waals surface area (Å²) in [6.07, 6.45) is 17.0. The third-order valence-corrected chi connectivity index (χ3v) is 8.59. The Morgan fingerprint density at radius 1 is 0.837 bits per heavy atom. The predicted octanol–water partition coefficient (Wildman–Crippen LogP) is 5.59. The lowest BCUT2D eigenvalue weighted by molar-refractivity contribution is 0.0918. The number of amides is 1. The van der Waals surface area contributed by atoms with E-state index in [-0.39, 0.29) is 51.4 Å². The van der Waals surface area contributed by atoms with Crippen molar-refractivity contribution in [2.75, 3.05) is 5.32 Å². The molecule has 49 heavy (non-hydrogen) atoms. The van der Waals surface area contributed by atoms with Gasteiger partial charge >= 0.3 is 0 Å². The van der Waals surface area contributed by atoms with Gasteiger partial charge in [0.05, 0.1) is 25.0 Å². The molecule has 0 unspecified atom stereocenters. The molecular weight excluding hydrogens is 703 g/mol. The molecule has 2 aliphatic rings. The second kappa shape index (κ2) is 18.3. The number of carbonyl (C=O) groups excluding carboxylic acids is 2. The van der Waals surface area contributed by atoms with Gasteiger partial charge in [-0.25, -0.2) is 33.7 Å². The summed E-state index contributed by atoms with van der Waals surface area (Å²) in [5.74, 6) is -0.702. The van der Waals surface area contributed by atoms with Crippen LogP contribution in [0.5, 0.6) is 0 Å². The molecule has 0 aliphatic heterocycles. The van der Waals surface area contributed by atoms with E-state index in [4.69, 9.17) is 40.5 Å². The summed E-state index contributed by atoms with van der Waals surface area (Å²) >= 11 is 16.2. The van der Waals surface area contributed by atoms with Crippen molar-refractivity contribution in [3.63, 3.8) is 0 Å². The van der Waals surface area contributed by atoms with Gasteiger partial charge in [-0.1, -0.05) is 18.0 Å². The number of nitrogens with two attached hydrogens (primary N) is 1. The molecule has 0 saturated heterocycles. The van der Waals surface area contributed by atoms with Crippen LogP contribution in [0.2, 0.25) is 15.7 Å². The molecule has 6 rings (SSSR count). The average molecular weight is 741 g/mol. The van der Waals surface area contributed by atoms with Crippen molar-refractivity contribution >= 4 is 52.3 Å². The highest BCUT2D eigenvalue weighted by atomic mass is 35.5. The Morgan fingerprint density at radius 2 is 1.45 bits per heavy atom. The maximum absolute atomic E-state index is 13.7. The normalized spacial score (nSPS) is 20.2. The van der Waals surface area contributed by atoms with Crippen molar-refractivity contribution < 1.29 is 18.4 Å². The fourth-order valence-corrected chi connectivity index (χ4v) is 6.09. The first kappa shape index (κ1) is 38.0.